The average molecular weight is 166 g/mol. The zero-order valence-corrected chi connectivity index (χ0v) is 8.60. The Morgan fingerprint density at radius 1 is 1.08 bits per heavy atom. The lowest BCUT2D eigenvalue weighted by molar-refractivity contribution is 0.190. The van der Waals surface area contributed by atoms with E-state index in [1.54, 1.807) is 12.8 Å². The Morgan fingerprint density at radius 3 is 2.08 bits per heavy atom. The van der Waals surface area contributed by atoms with Crippen LogP contribution in [0.3, 0.4) is 0 Å². The molecule has 0 amide bonds. The Bertz CT molecular complexity index is 147. The van der Waals surface area contributed by atoms with Crippen LogP contribution < -0.4 is 0 Å². The summed E-state index contributed by atoms with van der Waals surface area (Å²) in [5, 5.41) is 0. The summed E-state index contributed by atoms with van der Waals surface area (Å²) in [5.74, 6) is 2.13. The third-order valence-corrected chi connectivity index (χ3v) is 4.48. The maximum Gasteiger partial charge on any atom is -0.0271 e. The second kappa shape index (κ2) is 3.05. The van der Waals surface area contributed by atoms with E-state index >= 15 is 0 Å². The fourth-order valence-corrected chi connectivity index (χ4v) is 3.08. The molecule has 0 aromatic rings. The van der Waals surface area contributed by atoms with E-state index in [0.29, 0.717) is 0 Å². The zero-order chi connectivity index (χ0) is 8.60. The lowest BCUT2D eigenvalue weighted by Gasteiger charge is -2.32. The van der Waals surface area contributed by atoms with Crippen molar-refractivity contribution in [2.45, 2.75) is 58.8 Å². The van der Waals surface area contributed by atoms with Gasteiger partial charge in [-0.05, 0) is 42.9 Å². The average Bonchev–Trinajstić information content (AvgIpc) is 2.86. The van der Waals surface area contributed by atoms with Gasteiger partial charge in [0.05, 0.1) is 0 Å². The van der Waals surface area contributed by atoms with Crippen LogP contribution in [0.4, 0.5) is 0 Å². The van der Waals surface area contributed by atoms with Gasteiger partial charge in [-0.3, -0.25) is 0 Å². The maximum atomic E-state index is 2.42. The highest BCUT2D eigenvalue weighted by atomic mass is 14.5. The molecule has 0 bridgehead atoms. The largest absolute Gasteiger partial charge is 0.0648 e. The standard InChI is InChI=1S/C12H22/c1-3-12(8-9-12)11-6-4-10(2)5-7-11/h10-11H,3-9H2,1-2H3. The third kappa shape index (κ3) is 1.41. The molecule has 0 saturated heterocycles. The first kappa shape index (κ1) is 8.59. The summed E-state index contributed by atoms with van der Waals surface area (Å²) in [4.78, 5) is 0. The summed E-state index contributed by atoms with van der Waals surface area (Å²) in [6.45, 7) is 4.81. The van der Waals surface area contributed by atoms with Crippen LogP contribution >= 0.6 is 0 Å². The lowest BCUT2D eigenvalue weighted by atomic mass is 9.73. The van der Waals surface area contributed by atoms with Gasteiger partial charge in [-0.2, -0.15) is 0 Å². The number of hydrogen-bond acceptors (Lipinski definition) is 0. The van der Waals surface area contributed by atoms with E-state index in [4.69, 9.17) is 0 Å². The summed E-state index contributed by atoms with van der Waals surface area (Å²) >= 11 is 0. The topological polar surface area (TPSA) is 0 Å². The Morgan fingerprint density at radius 2 is 1.67 bits per heavy atom. The monoisotopic (exact) mass is 166 g/mol. The van der Waals surface area contributed by atoms with E-state index in [9.17, 15) is 0 Å². The first-order valence-electron chi connectivity index (χ1n) is 5.77. The highest BCUT2D eigenvalue weighted by molar-refractivity contribution is 4.98. The molecule has 0 aromatic carbocycles. The van der Waals surface area contributed by atoms with Crippen molar-refractivity contribution in [1.82, 2.24) is 0 Å². The molecule has 0 atom stereocenters. The van der Waals surface area contributed by atoms with Gasteiger partial charge in [0.1, 0.15) is 0 Å². The molecule has 2 aliphatic carbocycles. The first-order chi connectivity index (χ1) is 5.77. The molecule has 0 nitrogen and oxygen atoms in total. The van der Waals surface area contributed by atoms with Gasteiger partial charge in [0.2, 0.25) is 0 Å². The smallest absolute Gasteiger partial charge is 0.0271 e. The van der Waals surface area contributed by atoms with Gasteiger partial charge in [-0.15, -0.1) is 0 Å². The summed E-state index contributed by atoms with van der Waals surface area (Å²) in [5.41, 5.74) is 0.847. The molecule has 0 unspecified atom stereocenters. The van der Waals surface area contributed by atoms with Crippen molar-refractivity contribution in [3.8, 4) is 0 Å². The molecule has 2 rings (SSSR count). The molecule has 2 saturated carbocycles. The van der Waals surface area contributed by atoms with Crippen LogP contribution in [-0.2, 0) is 0 Å². The fourth-order valence-electron chi connectivity index (χ4n) is 3.08. The predicted octanol–water partition coefficient (Wildman–Crippen LogP) is 4.00. The lowest BCUT2D eigenvalue weighted by Crippen LogP contribution is -2.21. The Labute approximate surface area is 76.7 Å². The quantitative estimate of drug-likeness (QED) is 0.581. The van der Waals surface area contributed by atoms with Crippen LogP contribution in [0.2, 0.25) is 0 Å². The normalized spacial score (nSPS) is 39.5. The molecule has 12 heavy (non-hydrogen) atoms. The van der Waals surface area contributed by atoms with Crippen molar-refractivity contribution in [2.24, 2.45) is 17.3 Å². The van der Waals surface area contributed by atoms with Gasteiger partial charge >= 0.3 is 0 Å². The SMILES string of the molecule is CCC1(C2CCC(C)CC2)CC1. The van der Waals surface area contributed by atoms with Crippen molar-refractivity contribution in [3.05, 3.63) is 0 Å². The van der Waals surface area contributed by atoms with Crippen molar-refractivity contribution in [3.63, 3.8) is 0 Å². The van der Waals surface area contributed by atoms with Crippen LogP contribution in [0.5, 0.6) is 0 Å². The maximum absolute atomic E-state index is 2.42. The van der Waals surface area contributed by atoms with Crippen LogP contribution in [0.1, 0.15) is 58.8 Å². The highest BCUT2D eigenvalue weighted by Gasteiger charge is 2.47. The molecular weight excluding hydrogens is 144 g/mol. The van der Waals surface area contributed by atoms with Crippen LogP contribution in [0.15, 0.2) is 0 Å². The summed E-state index contributed by atoms with van der Waals surface area (Å²) in [6, 6.07) is 0. The third-order valence-electron chi connectivity index (χ3n) is 4.48. The minimum Gasteiger partial charge on any atom is -0.0648 e. The molecule has 0 heteroatoms. The molecule has 0 N–H and O–H groups in total. The molecule has 2 fully saturated rings. The molecule has 0 heterocycles. The second-order valence-corrected chi connectivity index (χ2v) is 5.17. The molecule has 0 radical (unpaired) electrons. The van der Waals surface area contributed by atoms with Crippen LogP contribution in [-0.4, -0.2) is 0 Å². The Balaban J connectivity index is 1.89. The molecular formula is C12H22. The highest BCUT2D eigenvalue weighted by Crippen LogP contribution is 2.58. The van der Waals surface area contributed by atoms with E-state index in [1.807, 2.05) is 0 Å². The number of rotatable bonds is 2. The first-order valence-corrected chi connectivity index (χ1v) is 5.77. The Hall–Kier alpha value is 0. The molecule has 70 valence electrons. The summed E-state index contributed by atoms with van der Waals surface area (Å²) in [7, 11) is 0. The van der Waals surface area contributed by atoms with Crippen LogP contribution in [0.25, 0.3) is 0 Å². The van der Waals surface area contributed by atoms with Gasteiger partial charge in [0.25, 0.3) is 0 Å². The second-order valence-electron chi connectivity index (χ2n) is 5.17. The van der Waals surface area contributed by atoms with E-state index in [2.05, 4.69) is 13.8 Å². The van der Waals surface area contributed by atoms with Crippen molar-refractivity contribution < 1.29 is 0 Å². The molecule has 0 aromatic heterocycles. The molecule has 0 spiro atoms. The van der Waals surface area contributed by atoms with Crippen molar-refractivity contribution in [2.75, 3.05) is 0 Å². The van der Waals surface area contributed by atoms with E-state index in [0.717, 1.165) is 17.3 Å². The van der Waals surface area contributed by atoms with Gasteiger partial charge in [0, 0.05) is 0 Å². The van der Waals surface area contributed by atoms with Gasteiger partial charge in [0.15, 0.2) is 0 Å². The zero-order valence-electron chi connectivity index (χ0n) is 8.60. The van der Waals surface area contributed by atoms with Gasteiger partial charge in [-0.25, -0.2) is 0 Å². The molecule has 2 aliphatic rings. The van der Waals surface area contributed by atoms with Crippen molar-refractivity contribution >= 4 is 0 Å². The van der Waals surface area contributed by atoms with Gasteiger partial charge < -0.3 is 0 Å². The van der Waals surface area contributed by atoms with E-state index < -0.39 is 0 Å². The summed E-state index contributed by atoms with van der Waals surface area (Å²) < 4.78 is 0. The molecule has 0 aliphatic heterocycles. The van der Waals surface area contributed by atoms with Crippen molar-refractivity contribution in [1.29, 1.82) is 0 Å². The minimum atomic E-state index is 0.847. The van der Waals surface area contributed by atoms with Crippen LogP contribution in [0, 0.1) is 17.3 Å². The van der Waals surface area contributed by atoms with E-state index in [1.165, 1.54) is 32.1 Å². The van der Waals surface area contributed by atoms with E-state index in [-0.39, 0.29) is 0 Å². The summed E-state index contributed by atoms with van der Waals surface area (Å²) in [6.07, 6.45) is 10.6. The Kier molecular flexibility index (Phi) is 2.18. The van der Waals surface area contributed by atoms with Gasteiger partial charge in [-0.1, -0.05) is 33.1 Å². The minimum absolute atomic E-state index is 0.847. The predicted molar refractivity (Wildman–Crippen MR) is 53.1 cm³/mol. The fraction of sp³-hybridized carbons (Fsp3) is 1.00. The number of hydrogen-bond donors (Lipinski definition) is 0.